The number of para-hydroxylation sites is 1. The highest BCUT2D eigenvalue weighted by Crippen LogP contribution is 2.14. The number of aromatic amines is 1. The molecule has 1 aromatic carbocycles. The Morgan fingerprint density at radius 3 is 2.52 bits per heavy atom. The van der Waals surface area contributed by atoms with Gasteiger partial charge in [0, 0.05) is 14.1 Å². The number of rotatable bonds is 3. The maximum absolute atomic E-state index is 11.9. The van der Waals surface area contributed by atoms with E-state index in [-0.39, 0.29) is 29.0 Å². The minimum atomic E-state index is -1.24. The monoisotopic (exact) mass is 291 g/mol. The lowest BCUT2D eigenvalue weighted by atomic mass is 10.1. The number of amides is 1. The van der Waals surface area contributed by atoms with Crippen molar-refractivity contribution < 1.29 is 14.7 Å². The van der Waals surface area contributed by atoms with E-state index >= 15 is 0 Å². The highest BCUT2D eigenvalue weighted by atomic mass is 16.4. The van der Waals surface area contributed by atoms with Crippen LogP contribution in [-0.2, 0) is 11.3 Å². The van der Waals surface area contributed by atoms with Gasteiger partial charge in [0.2, 0.25) is 5.91 Å². The highest BCUT2D eigenvalue weighted by Gasteiger charge is 2.16. The summed E-state index contributed by atoms with van der Waals surface area (Å²) in [5.41, 5.74) is -1.81. The summed E-state index contributed by atoms with van der Waals surface area (Å²) in [5.74, 6) is -1.62. The van der Waals surface area contributed by atoms with Gasteiger partial charge in [-0.3, -0.25) is 19.0 Å². The number of likely N-dealkylation sites (N-methyl/N-ethyl adjacent to an activating group) is 1. The van der Waals surface area contributed by atoms with Crippen LogP contribution >= 0.6 is 0 Å². The topological polar surface area (TPSA) is 112 Å². The number of aromatic nitrogens is 2. The van der Waals surface area contributed by atoms with Crippen LogP contribution in [0.5, 0.6) is 0 Å². The molecule has 0 bridgehead atoms. The van der Waals surface area contributed by atoms with E-state index in [4.69, 9.17) is 5.11 Å². The van der Waals surface area contributed by atoms with Crippen molar-refractivity contribution in [2.75, 3.05) is 14.1 Å². The Bertz CT molecular complexity index is 847. The minimum absolute atomic E-state index is 0.0150. The van der Waals surface area contributed by atoms with Gasteiger partial charge in [0.05, 0.1) is 16.6 Å². The summed E-state index contributed by atoms with van der Waals surface area (Å²) in [6, 6.07) is 4.23. The van der Waals surface area contributed by atoms with Gasteiger partial charge in [-0.05, 0) is 12.1 Å². The van der Waals surface area contributed by atoms with Crippen molar-refractivity contribution in [3.05, 3.63) is 44.5 Å². The fourth-order valence-electron chi connectivity index (χ4n) is 1.91. The van der Waals surface area contributed by atoms with Crippen LogP contribution in [-0.4, -0.2) is 45.5 Å². The molecule has 1 aromatic heterocycles. The van der Waals surface area contributed by atoms with E-state index in [0.717, 1.165) is 4.57 Å². The van der Waals surface area contributed by atoms with E-state index in [1.807, 2.05) is 0 Å². The fraction of sp³-hybridized carbons (Fsp3) is 0.231. The van der Waals surface area contributed by atoms with Crippen LogP contribution in [0, 0.1) is 0 Å². The van der Waals surface area contributed by atoms with Gasteiger partial charge in [0.1, 0.15) is 6.54 Å². The lowest BCUT2D eigenvalue weighted by Crippen LogP contribution is -2.40. The van der Waals surface area contributed by atoms with E-state index in [2.05, 4.69) is 4.98 Å². The summed E-state index contributed by atoms with van der Waals surface area (Å²) >= 11 is 0. The van der Waals surface area contributed by atoms with Crippen molar-refractivity contribution in [2.45, 2.75) is 6.54 Å². The number of H-pyrrole nitrogens is 1. The molecule has 0 aliphatic carbocycles. The number of carbonyl (C=O) groups is 2. The number of nitrogens with one attached hydrogen (secondary N) is 1. The van der Waals surface area contributed by atoms with Crippen LogP contribution in [0.4, 0.5) is 0 Å². The largest absolute Gasteiger partial charge is 0.478 e. The number of nitrogens with zero attached hydrogens (tertiary/aromatic N) is 2. The Morgan fingerprint density at radius 2 is 1.95 bits per heavy atom. The number of benzene rings is 1. The molecule has 0 saturated heterocycles. The second kappa shape index (κ2) is 5.23. The van der Waals surface area contributed by atoms with E-state index in [9.17, 15) is 19.2 Å². The van der Waals surface area contributed by atoms with Gasteiger partial charge >= 0.3 is 17.1 Å². The highest BCUT2D eigenvalue weighted by molar-refractivity contribution is 6.00. The maximum atomic E-state index is 11.9. The molecule has 0 fully saturated rings. The van der Waals surface area contributed by atoms with E-state index in [0.29, 0.717) is 0 Å². The summed E-state index contributed by atoms with van der Waals surface area (Å²) < 4.78 is 0.975. The van der Waals surface area contributed by atoms with Gasteiger partial charge in [-0.15, -0.1) is 0 Å². The van der Waals surface area contributed by atoms with Crippen molar-refractivity contribution in [1.82, 2.24) is 14.5 Å². The molecular weight excluding hydrogens is 278 g/mol. The van der Waals surface area contributed by atoms with E-state index < -0.39 is 17.1 Å². The molecule has 110 valence electrons. The Morgan fingerprint density at radius 1 is 1.29 bits per heavy atom. The second-order valence-electron chi connectivity index (χ2n) is 4.64. The molecule has 0 atom stereocenters. The Balaban J connectivity index is 2.81. The molecule has 0 spiro atoms. The number of fused-ring (bicyclic) bond motifs is 1. The molecule has 0 aliphatic rings. The van der Waals surface area contributed by atoms with E-state index in [1.54, 1.807) is 0 Å². The zero-order chi connectivity index (χ0) is 15.7. The normalized spacial score (nSPS) is 10.6. The Hall–Kier alpha value is -2.90. The molecule has 2 N–H and O–H groups in total. The summed E-state index contributed by atoms with van der Waals surface area (Å²) in [5, 5.41) is 9.12. The number of carbonyl (C=O) groups excluding carboxylic acids is 1. The zero-order valence-electron chi connectivity index (χ0n) is 11.4. The van der Waals surface area contributed by atoms with Crippen molar-refractivity contribution in [3.8, 4) is 0 Å². The van der Waals surface area contributed by atoms with Crippen LogP contribution in [0.25, 0.3) is 11.0 Å². The number of hydrogen-bond donors (Lipinski definition) is 2. The third kappa shape index (κ3) is 2.55. The molecule has 0 unspecified atom stereocenters. The first kappa shape index (κ1) is 14.5. The third-order valence-electron chi connectivity index (χ3n) is 3.03. The number of carboxylic acids is 1. The summed E-state index contributed by atoms with van der Waals surface area (Å²) in [6.07, 6.45) is 0. The Kier molecular flexibility index (Phi) is 3.62. The molecule has 0 aliphatic heterocycles. The lowest BCUT2D eigenvalue weighted by molar-refractivity contribution is -0.129. The zero-order valence-corrected chi connectivity index (χ0v) is 11.4. The summed E-state index contributed by atoms with van der Waals surface area (Å²) in [4.78, 5) is 50.1. The van der Waals surface area contributed by atoms with Gasteiger partial charge in [-0.1, -0.05) is 6.07 Å². The molecule has 2 aromatic rings. The van der Waals surface area contributed by atoms with Crippen LogP contribution in [0.15, 0.2) is 27.8 Å². The van der Waals surface area contributed by atoms with Crippen LogP contribution in [0.2, 0.25) is 0 Å². The van der Waals surface area contributed by atoms with E-state index in [1.165, 1.54) is 37.2 Å². The van der Waals surface area contributed by atoms with Crippen LogP contribution < -0.4 is 11.1 Å². The first-order valence-electron chi connectivity index (χ1n) is 6.02. The third-order valence-corrected chi connectivity index (χ3v) is 3.03. The number of aromatic carboxylic acids is 1. The fourth-order valence-corrected chi connectivity index (χ4v) is 1.91. The van der Waals surface area contributed by atoms with Gasteiger partial charge in [0.25, 0.3) is 0 Å². The number of carboxylic acid groups (broad SMARTS) is 1. The quantitative estimate of drug-likeness (QED) is 0.739. The van der Waals surface area contributed by atoms with Gasteiger partial charge in [-0.2, -0.15) is 0 Å². The maximum Gasteiger partial charge on any atom is 0.337 e. The first-order valence-corrected chi connectivity index (χ1v) is 6.02. The standard InChI is InChI=1S/C13H13N3O5/c1-15(2)9(17)6-16-8-5-3-4-7(13(20)21)10(8)14-11(18)12(16)19/h3-5H,6H2,1-2H3,(H,14,18)(H,20,21). The summed E-state index contributed by atoms with van der Waals surface area (Å²) in [7, 11) is 3.04. The predicted octanol–water partition coefficient (Wildman–Crippen LogP) is -0.524. The Labute approximate surface area is 118 Å². The van der Waals surface area contributed by atoms with Crippen LogP contribution in [0.3, 0.4) is 0 Å². The smallest absolute Gasteiger partial charge is 0.337 e. The molecule has 0 radical (unpaired) electrons. The van der Waals surface area contributed by atoms with Crippen molar-refractivity contribution in [2.24, 2.45) is 0 Å². The van der Waals surface area contributed by atoms with Gasteiger partial charge in [0.15, 0.2) is 0 Å². The van der Waals surface area contributed by atoms with Crippen molar-refractivity contribution in [3.63, 3.8) is 0 Å². The second-order valence-corrected chi connectivity index (χ2v) is 4.64. The lowest BCUT2D eigenvalue weighted by Gasteiger charge is -2.14. The SMILES string of the molecule is CN(C)C(=O)Cn1c(=O)c(=O)[nH]c2c(C(=O)O)cccc21. The average Bonchev–Trinajstić information content (AvgIpc) is 2.42. The predicted molar refractivity (Wildman–Crippen MR) is 74.5 cm³/mol. The summed E-state index contributed by atoms with van der Waals surface area (Å²) in [6.45, 7) is -0.338. The molecular formula is C13H13N3O5. The molecule has 1 heterocycles. The average molecular weight is 291 g/mol. The molecule has 21 heavy (non-hydrogen) atoms. The van der Waals surface area contributed by atoms with Gasteiger partial charge in [-0.25, -0.2) is 4.79 Å². The number of hydrogen-bond acceptors (Lipinski definition) is 4. The first-order chi connectivity index (χ1) is 9.82. The van der Waals surface area contributed by atoms with Crippen LogP contribution in [0.1, 0.15) is 10.4 Å². The molecule has 0 saturated carbocycles. The molecule has 1 amide bonds. The minimum Gasteiger partial charge on any atom is -0.478 e. The van der Waals surface area contributed by atoms with Gasteiger partial charge < -0.3 is 15.0 Å². The van der Waals surface area contributed by atoms with Crippen molar-refractivity contribution in [1.29, 1.82) is 0 Å². The molecule has 8 heteroatoms. The van der Waals surface area contributed by atoms with Crippen molar-refractivity contribution >= 4 is 22.9 Å². The molecule has 2 rings (SSSR count). The molecule has 8 nitrogen and oxygen atoms in total.